The van der Waals surface area contributed by atoms with Crippen molar-refractivity contribution in [2.24, 2.45) is 7.05 Å². The molecule has 0 radical (unpaired) electrons. The summed E-state index contributed by atoms with van der Waals surface area (Å²) in [5.41, 5.74) is 13.4. The molecule has 1 heteroatoms. The summed E-state index contributed by atoms with van der Waals surface area (Å²) in [7, 11) is 2.24. The predicted molar refractivity (Wildman–Crippen MR) is 148 cm³/mol. The van der Waals surface area contributed by atoms with Gasteiger partial charge in [0.2, 0.25) is 0 Å². The summed E-state index contributed by atoms with van der Waals surface area (Å²) in [5.74, 6) is 0.668. The molecule has 170 valence electrons. The van der Waals surface area contributed by atoms with Crippen LogP contribution in [0, 0.1) is 6.92 Å². The molecule has 0 unspecified atom stereocenters. The van der Waals surface area contributed by atoms with Crippen LogP contribution in [0.25, 0.3) is 38.5 Å². The van der Waals surface area contributed by atoms with Crippen molar-refractivity contribution in [3.63, 3.8) is 0 Å². The van der Waals surface area contributed by atoms with Crippen molar-refractivity contribution in [2.45, 2.75) is 51.4 Å². The third-order valence-electron chi connectivity index (χ3n) is 8.61. The van der Waals surface area contributed by atoms with Gasteiger partial charge in [0, 0.05) is 28.8 Å². The Bertz CT molecular complexity index is 1550. The quantitative estimate of drug-likeness (QED) is 0.296. The van der Waals surface area contributed by atoms with Crippen LogP contribution >= 0.6 is 0 Å². The highest BCUT2D eigenvalue weighted by atomic mass is 14.9. The van der Waals surface area contributed by atoms with Gasteiger partial charge in [0.05, 0.1) is 5.52 Å². The van der Waals surface area contributed by atoms with Crippen LogP contribution in [0.5, 0.6) is 0 Å². The molecular formula is C33H33N. The second-order valence-corrected chi connectivity index (χ2v) is 10.7. The molecule has 4 aromatic rings. The van der Waals surface area contributed by atoms with E-state index in [4.69, 9.17) is 0 Å². The molecule has 0 atom stereocenters. The summed E-state index contributed by atoms with van der Waals surface area (Å²) in [6.45, 7) is 15.2. The molecule has 0 bridgehead atoms. The summed E-state index contributed by atoms with van der Waals surface area (Å²) in [6.07, 6.45) is 7.97. The molecule has 3 aromatic carbocycles. The van der Waals surface area contributed by atoms with E-state index in [-0.39, 0.29) is 5.41 Å². The Hall–Kier alpha value is -3.32. The fourth-order valence-electron chi connectivity index (χ4n) is 6.68. The zero-order valence-corrected chi connectivity index (χ0v) is 20.8. The summed E-state index contributed by atoms with van der Waals surface area (Å²) in [6, 6.07) is 18.4. The van der Waals surface area contributed by atoms with Crippen molar-refractivity contribution in [3.05, 3.63) is 102 Å². The van der Waals surface area contributed by atoms with E-state index in [1.807, 2.05) is 12.2 Å². The van der Waals surface area contributed by atoms with Gasteiger partial charge in [0.1, 0.15) is 0 Å². The third kappa shape index (κ3) is 2.61. The van der Waals surface area contributed by atoms with Gasteiger partial charge in [0.25, 0.3) is 0 Å². The fraction of sp³-hybridized carbons (Fsp3) is 0.273. The Morgan fingerprint density at radius 3 is 2.35 bits per heavy atom. The molecular weight excluding hydrogens is 410 g/mol. The minimum atomic E-state index is -0.123. The van der Waals surface area contributed by atoms with Gasteiger partial charge in [0.15, 0.2) is 0 Å². The lowest BCUT2D eigenvalue weighted by Crippen LogP contribution is -2.17. The summed E-state index contributed by atoms with van der Waals surface area (Å²) >= 11 is 0. The van der Waals surface area contributed by atoms with E-state index >= 15 is 0 Å². The number of aromatic nitrogens is 1. The zero-order chi connectivity index (χ0) is 23.8. The Morgan fingerprint density at radius 2 is 1.71 bits per heavy atom. The van der Waals surface area contributed by atoms with Crippen LogP contribution in [-0.2, 0) is 12.5 Å². The Labute approximate surface area is 203 Å². The summed E-state index contributed by atoms with van der Waals surface area (Å²) in [4.78, 5) is 0. The highest BCUT2D eigenvalue weighted by molar-refractivity contribution is 6.18. The first kappa shape index (κ1) is 21.2. The molecule has 2 aliphatic rings. The Kier molecular flexibility index (Phi) is 4.58. The van der Waals surface area contributed by atoms with Crippen molar-refractivity contribution in [3.8, 4) is 11.1 Å². The number of rotatable bonds is 4. The molecule has 1 saturated carbocycles. The van der Waals surface area contributed by atoms with Crippen molar-refractivity contribution in [1.82, 2.24) is 4.57 Å². The van der Waals surface area contributed by atoms with E-state index in [2.05, 4.69) is 94.1 Å². The van der Waals surface area contributed by atoms with Crippen LogP contribution in [0.15, 0.2) is 79.4 Å². The largest absolute Gasteiger partial charge is 0.343 e. The SMILES string of the molecule is C=CC1=C(C=C)C(C)(C)c2c1ccc1c3c(-c4ccccc4C)c(C4CCC4)ccc3n(C)c21. The first-order chi connectivity index (χ1) is 16.4. The molecule has 6 rings (SSSR count). The molecule has 34 heavy (non-hydrogen) atoms. The predicted octanol–water partition coefficient (Wildman–Crippen LogP) is 8.99. The fourth-order valence-corrected chi connectivity index (χ4v) is 6.68. The number of fused-ring (bicyclic) bond motifs is 5. The number of nitrogens with zero attached hydrogens (tertiary/aromatic N) is 1. The molecule has 1 aromatic heterocycles. The molecule has 0 aliphatic heterocycles. The van der Waals surface area contributed by atoms with Crippen molar-refractivity contribution < 1.29 is 0 Å². The van der Waals surface area contributed by atoms with Crippen LogP contribution in [0.3, 0.4) is 0 Å². The molecule has 0 N–H and O–H groups in total. The van der Waals surface area contributed by atoms with E-state index in [0.717, 1.165) is 0 Å². The second-order valence-electron chi connectivity index (χ2n) is 10.7. The topological polar surface area (TPSA) is 4.93 Å². The third-order valence-corrected chi connectivity index (χ3v) is 8.61. The van der Waals surface area contributed by atoms with E-state index in [1.165, 1.54) is 85.6 Å². The average Bonchev–Trinajstić information content (AvgIpc) is 3.20. The van der Waals surface area contributed by atoms with Gasteiger partial charge >= 0.3 is 0 Å². The van der Waals surface area contributed by atoms with E-state index in [9.17, 15) is 0 Å². The molecule has 2 aliphatic carbocycles. The van der Waals surface area contributed by atoms with Crippen LogP contribution in [0.2, 0.25) is 0 Å². The summed E-state index contributed by atoms with van der Waals surface area (Å²) in [5, 5.41) is 2.76. The van der Waals surface area contributed by atoms with E-state index in [1.54, 1.807) is 0 Å². The average molecular weight is 444 g/mol. The molecule has 0 amide bonds. The van der Waals surface area contributed by atoms with Gasteiger partial charge in [-0.2, -0.15) is 0 Å². The maximum atomic E-state index is 4.16. The number of allylic oxidation sites excluding steroid dienone is 4. The van der Waals surface area contributed by atoms with Gasteiger partial charge in [-0.15, -0.1) is 0 Å². The first-order valence-electron chi connectivity index (χ1n) is 12.5. The van der Waals surface area contributed by atoms with Crippen LogP contribution in [0.1, 0.15) is 61.3 Å². The van der Waals surface area contributed by atoms with Gasteiger partial charge in [-0.05, 0) is 76.3 Å². The van der Waals surface area contributed by atoms with Crippen molar-refractivity contribution in [1.29, 1.82) is 0 Å². The first-order valence-corrected chi connectivity index (χ1v) is 12.5. The van der Waals surface area contributed by atoms with E-state index in [0.29, 0.717) is 5.92 Å². The molecule has 0 spiro atoms. The lowest BCUT2D eigenvalue weighted by Gasteiger charge is -2.29. The molecule has 1 fully saturated rings. The standard InChI is InChI=1S/C33H33N/c1-7-22-25-16-17-26-30-28(34(6)32(26)31(25)33(4,5)27(22)8-2)19-18-24(21-13-11-14-21)29(30)23-15-10-9-12-20(23)3/h7-10,12,15-19,21H,1-2,11,13-14H2,3-6H3. The van der Waals surface area contributed by atoms with Crippen LogP contribution in [-0.4, -0.2) is 4.57 Å². The van der Waals surface area contributed by atoms with E-state index < -0.39 is 0 Å². The summed E-state index contributed by atoms with van der Waals surface area (Å²) < 4.78 is 2.43. The van der Waals surface area contributed by atoms with Gasteiger partial charge in [-0.3, -0.25) is 0 Å². The lowest BCUT2D eigenvalue weighted by atomic mass is 9.75. The van der Waals surface area contributed by atoms with Gasteiger partial charge < -0.3 is 4.57 Å². The minimum Gasteiger partial charge on any atom is -0.343 e. The number of hydrogen-bond donors (Lipinski definition) is 0. The monoisotopic (exact) mass is 443 g/mol. The highest BCUT2D eigenvalue weighted by Gasteiger charge is 2.38. The smallest absolute Gasteiger partial charge is 0.0536 e. The normalized spacial score (nSPS) is 17.3. The Morgan fingerprint density at radius 1 is 0.941 bits per heavy atom. The molecule has 0 saturated heterocycles. The molecule has 1 heterocycles. The number of hydrogen-bond acceptors (Lipinski definition) is 0. The number of benzene rings is 3. The Balaban J connectivity index is 1.79. The van der Waals surface area contributed by atoms with Crippen LogP contribution < -0.4 is 0 Å². The lowest BCUT2D eigenvalue weighted by molar-refractivity contribution is 0.421. The van der Waals surface area contributed by atoms with Gasteiger partial charge in [-0.25, -0.2) is 0 Å². The van der Waals surface area contributed by atoms with Gasteiger partial charge in [-0.1, -0.05) is 88.0 Å². The second kappa shape index (κ2) is 7.34. The van der Waals surface area contributed by atoms with Crippen molar-refractivity contribution >= 4 is 27.4 Å². The van der Waals surface area contributed by atoms with Crippen molar-refractivity contribution in [2.75, 3.05) is 0 Å². The maximum Gasteiger partial charge on any atom is 0.0536 e. The maximum absolute atomic E-state index is 4.16. The van der Waals surface area contributed by atoms with Crippen LogP contribution in [0.4, 0.5) is 0 Å². The minimum absolute atomic E-state index is 0.123. The molecule has 1 nitrogen and oxygen atoms in total. The highest BCUT2D eigenvalue weighted by Crippen LogP contribution is 2.53. The number of aryl methyl sites for hydroxylation is 2. The zero-order valence-electron chi connectivity index (χ0n) is 20.8.